The third kappa shape index (κ3) is 3.18. The molecule has 1 fully saturated rings. The standard InChI is InChI=1S/C14H16IN3O2/c15-13-10-17-14(12-9-16-2-1-11(12)13)20-8-5-18-3-6-19-7-4-18/h1-2,9-10H,3-8H2. The molecule has 5 nitrogen and oxygen atoms in total. The van der Waals surface area contributed by atoms with E-state index < -0.39 is 0 Å². The Balaban J connectivity index is 1.67. The largest absolute Gasteiger partial charge is 0.476 e. The molecular formula is C14H16IN3O2. The Morgan fingerprint density at radius 1 is 1.25 bits per heavy atom. The number of aromatic nitrogens is 2. The van der Waals surface area contributed by atoms with Gasteiger partial charge >= 0.3 is 0 Å². The topological polar surface area (TPSA) is 47.5 Å². The second kappa shape index (κ2) is 6.64. The molecule has 0 spiro atoms. The molecule has 0 saturated carbocycles. The van der Waals surface area contributed by atoms with Crippen LogP contribution in [-0.2, 0) is 4.74 Å². The summed E-state index contributed by atoms with van der Waals surface area (Å²) < 4.78 is 12.3. The Hall–Kier alpha value is -0.990. The number of pyridine rings is 2. The lowest BCUT2D eigenvalue weighted by Crippen LogP contribution is -2.38. The lowest BCUT2D eigenvalue weighted by atomic mass is 10.2. The maximum absolute atomic E-state index is 5.84. The van der Waals surface area contributed by atoms with Crippen LogP contribution in [0.25, 0.3) is 10.8 Å². The molecule has 20 heavy (non-hydrogen) atoms. The van der Waals surface area contributed by atoms with E-state index in [1.807, 2.05) is 18.5 Å². The minimum Gasteiger partial charge on any atom is -0.476 e. The molecule has 0 unspecified atom stereocenters. The molecule has 1 aliphatic heterocycles. The van der Waals surface area contributed by atoms with Gasteiger partial charge in [-0.15, -0.1) is 0 Å². The van der Waals surface area contributed by atoms with Gasteiger partial charge in [-0.1, -0.05) is 0 Å². The molecule has 2 aromatic heterocycles. The van der Waals surface area contributed by atoms with Crippen molar-refractivity contribution < 1.29 is 9.47 Å². The van der Waals surface area contributed by atoms with Crippen LogP contribution in [0.4, 0.5) is 0 Å². The van der Waals surface area contributed by atoms with Gasteiger partial charge in [0.25, 0.3) is 0 Å². The summed E-state index contributed by atoms with van der Waals surface area (Å²) in [6, 6.07) is 1.99. The molecule has 0 radical (unpaired) electrons. The van der Waals surface area contributed by atoms with Gasteiger partial charge in [0.05, 0.1) is 18.6 Å². The van der Waals surface area contributed by atoms with Gasteiger partial charge in [-0.05, 0) is 28.7 Å². The van der Waals surface area contributed by atoms with E-state index in [1.54, 1.807) is 6.20 Å². The van der Waals surface area contributed by atoms with E-state index in [9.17, 15) is 0 Å². The van der Waals surface area contributed by atoms with Crippen LogP contribution in [0, 0.1) is 3.57 Å². The maximum atomic E-state index is 5.84. The van der Waals surface area contributed by atoms with E-state index in [0.29, 0.717) is 12.5 Å². The lowest BCUT2D eigenvalue weighted by Gasteiger charge is -2.26. The Kier molecular flexibility index (Phi) is 4.64. The summed E-state index contributed by atoms with van der Waals surface area (Å²) in [5, 5.41) is 2.11. The van der Waals surface area contributed by atoms with Crippen LogP contribution in [0.5, 0.6) is 5.88 Å². The predicted molar refractivity (Wildman–Crippen MR) is 85.0 cm³/mol. The molecule has 0 atom stereocenters. The first-order valence-corrected chi connectivity index (χ1v) is 7.73. The minimum absolute atomic E-state index is 0.636. The summed E-state index contributed by atoms with van der Waals surface area (Å²) in [6.07, 6.45) is 5.45. The molecular weight excluding hydrogens is 369 g/mol. The number of hydrogen-bond donors (Lipinski definition) is 0. The molecule has 106 valence electrons. The third-order valence-electron chi connectivity index (χ3n) is 3.35. The van der Waals surface area contributed by atoms with Crippen molar-refractivity contribution in [3.8, 4) is 5.88 Å². The van der Waals surface area contributed by atoms with Crippen molar-refractivity contribution in [2.45, 2.75) is 0 Å². The molecule has 0 N–H and O–H groups in total. The van der Waals surface area contributed by atoms with Crippen molar-refractivity contribution in [1.82, 2.24) is 14.9 Å². The Bertz CT molecular complexity index is 588. The molecule has 2 aromatic rings. The van der Waals surface area contributed by atoms with E-state index in [1.165, 1.54) is 0 Å². The highest BCUT2D eigenvalue weighted by atomic mass is 127. The van der Waals surface area contributed by atoms with Crippen LogP contribution in [-0.4, -0.2) is 54.3 Å². The fourth-order valence-electron chi connectivity index (χ4n) is 2.24. The van der Waals surface area contributed by atoms with Crippen LogP contribution < -0.4 is 4.74 Å². The zero-order chi connectivity index (χ0) is 13.8. The van der Waals surface area contributed by atoms with Gasteiger partial charge in [0.2, 0.25) is 5.88 Å². The average Bonchev–Trinajstić information content (AvgIpc) is 2.51. The molecule has 3 heterocycles. The van der Waals surface area contributed by atoms with Crippen molar-refractivity contribution in [2.24, 2.45) is 0 Å². The van der Waals surface area contributed by atoms with Gasteiger partial charge in [-0.3, -0.25) is 9.88 Å². The molecule has 0 aromatic carbocycles. The third-order valence-corrected chi connectivity index (χ3v) is 4.21. The maximum Gasteiger partial charge on any atom is 0.223 e. The summed E-state index contributed by atoms with van der Waals surface area (Å²) in [4.78, 5) is 10.9. The normalized spacial score (nSPS) is 16.4. The highest BCUT2D eigenvalue weighted by Crippen LogP contribution is 2.26. The van der Waals surface area contributed by atoms with E-state index in [0.717, 1.165) is 47.2 Å². The van der Waals surface area contributed by atoms with Crippen molar-refractivity contribution in [3.05, 3.63) is 28.2 Å². The minimum atomic E-state index is 0.636. The average molecular weight is 385 g/mol. The van der Waals surface area contributed by atoms with E-state index in [4.69, 9.17) is 9.47 Å². The van der Waals surface area contributed by atoms with E-state index in [2.05, 4.69) is 37.5 Å². The van der Waals surface area contributed by atoms with Crippen LogP contribution in [0.15, 0.2) is 24.7 Å². The van der Waals surface area contributed by atoms with Gasteiger partial charge in [-0.25, -0.2) is 4.98 Å². The van der Waals surface area contributed by atoms with Gasteiger partial charge in [-0.2, -0.15) is 0 Å². The van der Waals surface area contributed by atoms with Crippen molar-refractivity contribution in [3.63, 3.8) is 0 Å². The zero-order valence-corrected chi connectivity index (χ0v) is 13.2. The summed E-state index contributed by atoms with van der Waals surface area (Å²) in [5.74, 6) is 0.668. The number of fused-ring (bicyclic) bond motifs is 1. The second-order valence-electron chi connectivity index (χ2n) is 4.64. The van der Waals surface area contributed by atoms with Gasteiger partial charge in [0, 0.05) is 47.2 Å². The number of ether oxygens (including phenoxy) is 2. The van der Waals surface area contributed by atoms with Crippen LogP contribution in [0.1, 0.15) is 0 Å². The first-order chi connectivity index (χ1) is 9.84. The number of hydrogen-bond acceptors (Lipinski definition) is 5. The smallest absolute Gasteiger partial charge is 0.223 e. The number of rotatable bonds is 4. The Morgan fingerprint density at radius 3 is 2.95 bits per heavy atom. The van der Waals surface area contributed by atoms with Gasteiger partial charge in [0.15, 0.2) is 0 Å². The molecule has 0 bridgehead atoms. The summed E-state index contributed by atoms with van der Waals surface area (Å²) in [7, 11) is 0. The van der Waals surface area contributed by atoms with Gasteiger partial charge < -0.3 is 9.47 Å². The van der Waals surface area contributed by atoms with Gasteiger partial charge in [0.1, 0.15) is 6.61 Å². The van der Waals surface area contributed by atoms with Crippen LogP contribution in [0.2, 0.25) is 0 Å². The second-order valence-corrected chi connectivity index (χ2v) is 5.80. The molecule has 0 amide bonds. The monoisotopic (exact) mass is 385 g/mol. The number of halogens is 1. The Morgan fingerprint density at radius 2 is 2.10 bits per heavy atom. The van der Waals surface area contributed by atoms with Crippen LogP contribution >= 0.6 is 22.6 Å². The Labute approximate surface area is 131 Å². The highest BCUT2D eigenvalue weighted by molar-refractivity contribution is 14.1. The van der Waals surface area contributed by atoms with Crippen molar-refractivity contribution in [2.75, 3.05) is 39.5 Å². The number of morpholine rings is 1. The molecule has 3 rings (SSSR count). The highest BCUT2D eigenvalue weighted by Gasteiger charge is 2.11. The van der Waals surface area contributed by atoms with Crippen molar-refractivity contribution >= 4 is 33.4 Å². The summed E-state index contributed by atoms with van der Waals surface area (Å²) in [5.41, 5.74) is 0. The molecule has 0 aliphatic carbocycles. The fourth-order valence-corrected chi connectivity index (χ4v) is 2.85. The number of nitrogens with zero attached hydrogens (tertiary/aromatic N) is 3. The first kappa shape index (κ1) is 14.0. The quantitative estimate of drug-likeness (QED) is 0.754. The molecule has 1 aliphatic rings. The zero-order valence-electron chi connectivity index (χ0n) is 11.1. The molecule has 1 saturated heterocycles. The van der Waals surface area contributed by atoms with E-state index >= 15 is 0 Å². The first-order valence-electron chi connectivity index (χ1n) is 6.66. The summed E-state index contributed by atoms with van der Waals surface area (Å²) >= 11 is 2.28. The van der Waals surface area contributed by atoms with Crippen LogP contribution in [0.3, 0.4) is 0 Å². The lowest BCUT2D eigenvalue weighted by molar-refractivity contribution is 0.0321. The molecule has 6 heteroatoms. The predicted octanol–water partition coefficient (Wildman–Crippen LogP) is 1.95. The SMILES string of the molecule is Ic1cnc(OCCN2CCOCC2)c2cnccc12. The fraction of sp³-hybridized carbons (Fsp3) is 0.429. The van der Waals surface area contributed by atoms with Crippen molar-refractivity contribution in [1.29, 1.82) is 0 Å². The van der Waals surface area contributed by atoms with E-state index in [-0.39, 0.29) is 0 Å². The summed E-state index contributed by atoms with van der Waals surface area (Å²) in [6.45, 7) is 5.12.